The Bertz CT molecular complexity index is 944. The van der Waals surface area contributed by atoms with Gasteiger partial charge in [-0.05, 0) is 44.9 Å². The van der Waals surface area contributed by atoms with E-state index in [4.69, 9.17) is 9.84 Å². The van der Waals surface area contributed by atoms with Crippen LogP contribution in [0.5, 0.6) is 5.75 Å². The van der Waals surface area contributed by atoms with Gasteiger partial charge in [-0.15, -0.1) is 15.3 Å². The van der Waals surface area contributed by atoms with E-state index in [0.717, 1.165) is 29.5 Å². The van der Waals surface area contributed by atoms with Gasteiger partial charge in [0.15, 0.2) is 11.5 Å². The van der Waals surface area contributed by atoms with Gasteiger partial charge < -0.3 is 10.1 Å². The molecule has 1 aliphatic heterocycles. The minimum atomic E-state index is -0.216. The molecule has 0 bridgehead atoms. The quantitative estimate of drug-likeness (QED) is 0.790. The molecule has 0 radical (unpaired) electrons. The Kier molecular flexibility index (Phi) is 3.04. The van der Waals surface area contributed by atoms with Gasteiger partial charge in [0.25, 0.3) is 0 Å². The van der Waals surface area contributed by atoms with Crippen molar-refractivity contribution in [3.05, 3.63) is 47.8 Å². The predicted octanol–water partition coefficient (Wildman–Crippen LogP) is 3.72. The van der Waals surface area contributed by atoms with Crippen molar-refractivity contribution in [1.82, 2.24) is 19.8 Å². The van der Waals surface area contributed by atoms with Crippen LogP contribution in [0.4, 0.5) is 5.82 Å². The Hall–Kier alpha value is -2.63. The number of rotatable bonds is 3. The Morgan fingerprint density at radius 2 is 1.96 bits per heavy atom. The van der Waals surface area contributed by atoms with Gasteiger partial charge in [0.2, 0.25) is 0 Å². The summed E-state index contributed by atoms with van der Waals surface area (Å²) >= 11 is 0. The van der Waals surface area contributed by atoms with E-state index < -0.39 is 0 Å². The molecule has 25 heavy (non-hydrogen) atoms. The van der Waals surface area contributed by atoms with Crippen LogP contribution in [-0.2, 0) is 0 Å². The second-order valence-electron chi connectivity index (χ2n) is 7.62. The SMILES string of the molecule is CC1(C)CC(Nc2ccc3nnc(C4CC4)n3n2)c2ccccc2O1. The number of hydrogen-bond acceptors (Lipinski definition) is 5. The molecule has 1 unspecified atom stereocenters. The lowest BCUT2D eigenvalue weighted by molar-refractivity contribution is 0.0758. The zero-order valence-electron chi connectivity index (χ0n) is 14.4. The normalized spacial score (nSPS) is 21.6. The first-order valence-electron chi connectivity index (χ1n) is 8.86. The molecule has 0 saturated heterocycles. The van der Waals surface area contributed by atoms with Gasteiger partial charge in [-0.25, -0.2) is 0 Å². The third kappa shape index (κ3) is 2.62. The molecule has 5 rings (SSSR count). The smallest absolute Gasteiger partial charge is 0.178 e. The van der Waals surface area contributed by atoms with Crippen LogP contribution in [0.25, 0.3) is 5.65 Å². The molecule has 1 N–H and O–H groups in total. The van der Waals surface area contributed by atoms with Gasteiger partial charge in [-0.1, -0.05) is 18.2 Å². The lowest BCUT2D eigenvalue weighted by atomic mass is 9.90. The second-order valence-corrected chi connectivity index (χ2v) is 7.62. The predicted molar refractivity (Wildman–Crippen MR) is 94.9 cm³/mol. The van der Waals surface area contributed by atoms with Gasteiger partial charge >= 0.3 is 0 Å². The molecule has 6 nitrogen and oxygen atoms in total. The van der Waals surface area contributed by atoms with Gasteiger partial charge in [0, 0.05) is 17.9 Å². The van der Waals surface area contributed by atoms with E-state index in [1.807, 2.05) is 28.8 Å². The highest BCUT2D eigenvalue weighted by Crippen LogP contribution is 2.41. The number of para-hydroxylation sites is 1. The minimum Gasteiger partial charge on any atom is -0.487 e. The summed E-state index contributed by atoms with van der Waals surface area (Å²) in [6.45, 7) is 4.25. The van der Waals surface area contributed by atoms with Gasteiger partial charge in [0.05, 0.1) is 6.04 Å². The average molecular weight is 335 g/mol. The van der Waals surface area contributed by atoms with Gasteiger partial charge in [-0.3, -0.25) is 0 Å². The summed E-state index contributed by atoms with van der Waals surface area (Å²) in [5, 5.41) is 16.9. The van der Waals surface area contributed by atoms with E-state index in [1.165, 1.54) is 18.4 Å². The molecule has 3 heterocycles. The topological polar surface area (TPSA) is 64.3 Å². The largest absolute Gasteiger partial charge is 0.487 e. The summed E-state index contributed by atoms with van der Waals surface area (Å²) in [5.74, 6) is 3.28. The molecule has 3 aromatic rings. The molecular formula is C19H21N5O. The van der Waals surface area contributed by atoms with Crippen LogP contribution in [0.2, 0.25) is 0 Å². The first-order chi connectivity index (χ1) is 12.1. The van der Waals surface area contributed by atoms with Crippen molar-refractivity contribution in [3.8, 4) is 5.75 Å². The molecule has 2 aromatic heterocycles. The van der Waals surface area contributed by atoms with Crippen molar-refractivity contribution in [1.29, 1.82) is 0 Å². The molecule has 1 atom stereocenters. The zero-order chi connectivity index (χ0) is 17.0. The minimum absolute atomic E-state index is 0.158. The maximum atomic E-state index is 6.12. The van der Waals surface area contributed by atoms with Gasteiger partial charge in [0.1, 0.15) is 17.2 Å². The molecule has 1 saturated carbocycles. The van der Waals surface area contributed by atoms with Crippen LogP contribution in [-0.4, -0.2) is 25.4 Å². The molecule has 1 fully saturated rings. The third-order valence-electron chi connectivity index (χ3n) is 4.93. The molecule has 1 aliphatic carbocycles. The van der Waals surface area contributed by atoms with Crippen LogP contribution in [0.15, 0.2) is 36.4 Å². The van der Waals surface area contributed by atoms with E-state index in [1.54, 1.807) is 0 Å². The molecule has 6 heteroatoms. The number of nitrogens with zero attached hydrogens (tertiary/aromatic N) is 4. The Balaban J connectivity index is 1.50. The van der Waals surface area contributed by atoms with E-state index in [9.17, 15) is 0 Å². The molecular weight excluding hydrogens is 314 g/mol. The number of nitrogens with one attached hydrogen (secondary N) is 1. The lowest BCUT2D eigenvalue weighted by Crippen LogP contribution is -2.37. The maximum Gasteiger partial charge on any atom is 0.178 e. The Labute approximate surface area is 146 Å². The molecule has 128 valence electrons. The third-order valence-corrected chi connectivity index (χ3v) is 4.93. The number of anilines is 1. The van der Waals surface area contributed by atoms with Crippen LogP contribution >= 0.6 is 0 Å². The highest BCUT2D eigenvalue weighted by atomic mass is 16.5. The van der Waals surface area contributed by atoms with Crippen LogP contribution < -0.4 is 10.1 Å². The molecule has 2 aliphatic rings. The van der Waals surface area contributed by atoms with Crippen LogP contribution in [0.3, 0.4) is 0 Å². The fourth-order valence-corrected chi connectivity index (χ4v) is 3.59. The monoisotopic (exact) mass is 335 g/mol. The number of ether oxygens (including phenoxy) is 1. The Morgan fingerprint density at radius 1 is 1.12 bits per heavy atom. The first kappa shape index (κ1) is 14.7. The summed E-state index contributed by atoms with van der Waals surface area (Å²) in [6.07, 6.45) is 3.24. The summed E-state index contributed by atoms with van der Waals surface area (Å²) in [5.41, 5.74) is 1.77. The highest BCUT2D eigenvalue weighted by Gasteiger charge is 2.34. The van der Waals surface area contributed by atoms with Crippen molar-refractivity contribution in [3.63, 3.8) is 0 Å². The van der Waals surface area contributed by atoms with E-state index in [0.29, 0.717) is 5.92 Å². The molecule has 0 amide bonds. The van der Waals surface area contributed by atoms with Crippen LogP contribution in [0, 0.1) is 0 Å². The Morgan fingerprint density at radius 3 is 2.80 bits per heavy atom. The van der Waals surface area contributed by atoms with E-state index >= 15 is 0 Å². The van der Waals surface area contributed by atoms with E-state index in [-0.39, 0.29) is 11.6 Å². The van der Waals surface area contributed by atoms with Crippen molar-refractivity contribution in [2.45, 2.75) is 50.7 Å². The first-order valence-corrected chi connectivity index (χ1v) is 8.86. The average Bonchev–Trinajstić information content (AvgIpc) is 3.33. The van der Waals surface area contributed by atoms with E-state index in [2.05, 4.69) is 41.5 Å². The molecule has 0 spiro atoms. The van der Waals surface area contributed by atoms with Crippen molar-refractivity contribution < 1.29 is 4.74 Å². The summed E-state index contributed by atoms with van der Waals surface area (Å²) in [7, 11) is 0. The van der Waals surface area contributed by atoms with Crippen molar-refractivity contribution in [2.24, 2.45) is 0 Å². The maximum absolute atomic E-state index is 6.12. The number of fused-ring (bicyclic) bond motifs is 2. The fourth-order valence-electron chi connectivity index (χ4n) is 3.59. The van der Waals surface area contributed by atoms with Gasteiger partial charge in [-0.2, -0.15) is 4.52 Å². The summed E-state index contributed by atoms with van der Waals surface area (Å²) in [4.78, 5) is 0. The number of hydrogen-bond donors (Lipinski definition) is 1. The lowest BCUT2D eigenvalue weighted by Gasteiger charge is -2.38. The summed E-state index contributed by atoms with van der Waals surface area (Å²) in [6, 6.07) is 12.3. The fraction of sp³-hybridized carbons (Fsp3) is 0.421. The molecule has 1 aromatic carbocycles. The summed E-state index contributed by atoms with van der Waals surface area (Å²) < 4.78 is 8.00. The highest BCUT2D eigenvalue weighted by molar-refractivity contribution is 5.48. The number of aromatic nitrogens is 4. The standard InChI is InChI=1S/C19H21N5O/c1-19(2)11-14(13-5-3-4-6-15(13)25-19)20-16-9-10-17-21-22-18(12-7-8-12)24(17)23-16/h3-6,9-10,12,14H,7-8,11H2,1-2H3,(H,20,23). The number of benzene rings is 1. The van der Waals surface area contributed by atoms with Crippen LogP contribution in [0.1, 0.15) is 56.5 Å². The van der Waals surface area contributed by atoms with Crippen molar-refractivity contribution in [2.75, 3.05) is 5.32 Å². The van der Waals surface area contributed by atoms with Crippen molar-refractivity contribution >= 4 is 11.5 Å². The zero-order valence-corrected chi connectivity index (χ0v) is 14.4. The second kappa shape index (κ2) is 5.18.